The number of ether oxygens (including phenoxy) is 1. The van der Waals surface area contributed by atoms with Crippen molar-refractivity contribution in [2.45, 2.75) is 9.79 Å². The molecule has 2 aliphatic heterocycles. The van der Waals surface area contributed by atoms with Gasteiger partial charge in [-0.15, -0.1) is 0 Å². The van der Waals surface area contributed by atoms with E-state index < -0.39 is 0 Å². The van der Waals surface area contributed by atoms with E-state index in [4.69, 9.17) is 4.74 Å². The molecular formula is C25H25N3O2S. The topological polar surface area (TPSA) is 36.0 Å². The Kier molecular flexibility index (Phi) is 5.57. The second-order valence-corrected chi connectivity index (χ2v) is 8.81. The number of nitrogens with zero attached hydrogens (tertiary/aromatic N) is 3. The molecule has 1 fully saturated rings. The second-order valence-electron chi connectivity index (χ2n) is 7.73. The van der Waals surface area contributed by atoms with Crippen molar-refractivity contribution < 1.29 is 9.53 Å². The van der Waals surface area contributed by atoms with Crippen LogP contribution in [0.4, 0.5) is 17.1 Å². The van der Waals surface area contributed by atoms with Crippen molar-refractivity contribution in [2.24, 2.45) is 0 Å². The van der Waals surface area contributed by atoms with Gasteiger partial charge in [0.1, 0.15) is 5.75 Å². The number of benzene rings is 3. The first-order valence-electron chi connectivity index (χ1n) is 10.5. The van der Waals surface area contributed by atoms with Crippen LogP contribution < -0.4 is 14.5 Å². The average Bonchev–Trinajstić information content (AvgIpc) is 2.83. The minimum Gasteiger partial charge on any atom is -0.497 e. The van der Waals surface area contributed by atoms with E-state index in [0.717, 1.165) is 53.1 Å². The minimum absolute atomic E-state index is 0.123. The number of carbonyl (C=O) groups is 1. The monoisotopic (exact) mass is 431 g/mol. The van der Waals surface area contributed by atoms with E-state index in [2.05, 4.69) is 34.1 Å². The summed E-state index contributed by atoms with van der Waals surface area (Å²) in [5, 5.41) is 0. The standard InChI is InChI=1S/C25H25N3O2S/c1-30-20-12-10-19(11-13-20)27-16-14-26(15-17-27)18-25(29)28-21-6-2-4-8-23(21)31-24-9-5-3-7-22(24)28/h2-13H,14-18H2,1H3. The molecule has 158 valence electrons. The maximum absolute atomic E-state index is 13.5. The normalized spacial score (nSPS) is 15.9. The molecule has 0 unspecified atom stereocenters. The number of rotatable bonds is 4. The summed E-state index contributed by atoms with van der Waals surface area (Å²) in [6.45, 7) is 3.96. The lowest BCUT2D eigenvalue weighted by molar-refractivity contribution is -0.119. The third-order valence-corrected chi connectivity index (χ3v) is 6.98. The molecule has 1 saturated heterocycles. The molecule has 0 atom stereocenters. The Bertz CT molecular complexity index is 1030. The van der Waals surface area contributed by atoms with E-state index in [1.165, 1.54) is 5.69 Å². The van der Waals surface area contributed by atoms with Crippen LogP contribution in [0.5, 0.6) is 5.75 Å². The van der Waals surface area contributed by atoms with Gasteiger partial charge in [0.25, 0.3) is 0 Å². The van der Waals surface area contributed by atoms with Gasteiger partial charge < -0.3 is 9.64 Å². The van der Waals surface area contributed by atoms with E-state index in [9.17, 15) is 4.79 Å². The van der Waals surface area contributed by atoms with Gasteiger partial charge in [-0.1, -0.05) is 36.0 Å². The van der Waals surface area contributed by atoms with Gasteiger partial charge in [0.2, 0.25) is 5.91 Å². The summed E-state index contributed by atoms with van der Waals surface area (Å²) >= 11 is 1.73. The fourth-order valence-corrected chi connectivity index (χ4v) is 5.25. The molecule has 3 aromatic carbocycles. The molecular weight excluding hydrogens is 406 g/mol. The Hall–Kier alpha value is -2.96. The molecule has 0 N–H and O–H groups in total. The number of methoxy groups -OCH3 is 1. The number of para-hydroxylation sites is 2. The maximum Gasteiger partial charge on any atom is 0.245 e. The highest BCUT2D eigenvalue weighted by Gasteiger charge is 2.29. The fraction of sp³-hybridized carbons (Fsp3) is 0.240. The van der Waals surface area contributed by atoms with Crippen LogP contribution in [0, 0.1) is 0 Å². The summed E-state index contributed by atoms with van der Waals surface area (Å²) in [6.07, 6.45) is 0. The summed E-state index contributed by atoms with van der Waals surface area (Å²) in [4.78, 5) is 22.2. The van der Waals surface area contributed by atoms with Crippen LogP contribution in [-0.2, 0) is 4.79 Å². The van der Waals surface area contributed by atoms with Gasteiger partial charge in [0.15, 0.2) is 0 Å². The molecule has 2 aliphatic rings. The number of anilines is 3. The zero-order chi connectivity index (χ0) is 21.2. The van der Waals surface area contributed by atoms with Crippen molar-refractivity contribution in [3.8, 4) is 5.75 Å². The van der Waals surface area contributed by atoms with Crippen molar-refractivity contribution in [2.75, 3.05) is 49.6 Å². The summed E-state index contributed by atoms with van der Waals surface area (Å²) < 4.78 is 5.25. The van der Waals surface area contributed by atoms with Crippen LogP contribution in [0.25, 0.3) is 0 Å². The Morgan fingerprint density at radius 2 is 1.42 bits per heavy atom. The number of piperazine rings is 1. The fourth-order valence-electron chi connectivity index (χ4n) is 4.19. The van der Waals surface area contributed by atoms with Crippen molar-refractivity contribution >= 4 is 34.7 Å². The lowest BCUT2D eigenvalue weighted by atomic mass is 10.2. The molecule has 3 aromatic rings. The third kappa shape index (κ3) is 4.01. The zero-order valence-electron chi connectivity index (χ0n) is 17.5. The number of amides is 1. The van der Waals surface area contributed by atoms with Gasteiger partial charge in [0, 0.05) is 41.7 Å². The predicted octanol–water partition coefficient (Wildman–Crippen LogP) is 4.65. The lowest BCUT2D eigenvalue weighted by Crippen LogP contribution is -2.49. The minimum atomic E-state index is 0.123. The molecule has 0 saturated carbocycles. The molecule has 6 heteroatoms. The maximum atomic E-state index is 13.5. The van der Waals surface area contributed by atoms with Crippen LogP contribution >= 0.6 is 11.8 Å². The largest absolute Gasteiger partial charge is 0.497 e. The van der Waals surface area contributed by atoms with Crippen LogP contribution in [-0.4, -0.2) is 50.6 Å². The molecule has 0 radical (unpaired) electrons. The summed E-state index contributed by atoms with van der Waals surface area (Å²) in [5.41, 5.74) is 3.16. The van der Waals surface area contributed by atoms with Crippen molar-refractivity contribution in [3.05, 3.63) is 72.8 Å². The number of hydrogen-bond acceptors (Lipinski definition) is 5. The van der Waals surface area contributed by atoms with Gasteiger partial charge in [-0.05, 0) is 48.5 Å². The van der Waals surface area contributed by atoms with E-state index in [0.29, 0.717) is 6.54 Å². The molecule has 5 rings (SSSR count). The predicted molar refractivity (Wildman–Crippen MR) is 126 cm³/mol. The van der Waals surface area contributed by atoms with E-state index in [-0.39, 0.29) is 5.91 Å². The first kappa shape index (κ1) is 20.0. The first-order chi connectivity index (χ1) is 15.2. The van der Waals surface area contributed by atoms with Gasteiger partial charge in [-0.2, -0.15) is 0 Å². The molecule has 0 aromatic heterocycles. The molecule has 5 nitrogen and oxygen atoms in total. The lowest BCUT2D eigenvalue weighted by Gasteiger charge is -2.37. The molecule has 0 spiro atoms. The average molecular weight is 432 g/mol. The number of carbonyl (C=O) groups excluding carboxylic acids is 1. The van der Waals surface area contributed by atoms with Gasteiger partial charge in [-0.25, -0.2) is 0 Å². The van der Waals surface area contributed by atoms with Crippen molar-refractivity contribution in [3.63, 3.8) is 0 Å². The SMILES string of the molecule is COc1ccc(N2CCN(CC(=O)N3c4ccccc4Sc4ccccc43)CC2)cc1. The highest BCUT2D eigenvalue weighted by atomic mass is 32.2. The van der Waals surface area contributed by atoms with E-state index >= 15 is 0 Å². The van der Waals surface area contributed by atoms with Gasteiger partial charge in [-0.3, -0.25) is 14.6 Å². The Morgan fingerprint density at radius 1 is 0.839 bits per heavy atom. The quantitative estimate of drug-likeness (QED) is 0.601. The summed E-state index contributed by atoms with van der Waals surface area (Å²) in [6, 6.07) is 24.5. The van der Waals surface area contributed by atoms with Crippen molar-refractivity contribution in [1.82, 2.24) is 4.90 Å². The third-order valence-electron chi connectivity index (χ3n) is 5.85. The Morgan fingerprint density at radius 3 is 2.00 bits per heavy atom. The first-order valence-corrected chi connectivity index (χ1v) is 11.3. The highest BCUT2D eigenvalue weighted by Crippen LogP contribution is 2.47. The van der Waals surface area contributed by atoms with Crippen molar-refractivity contribution in [1.29, 1.82) is 0 Å². The zero-order valence-corrected chi connectivity index (χ0v) is 18.3. The highest BCUT2D eigenvalue weighted by molar-refractivity contribution is 7.99. The second kappa shape index (κ2) is 8.65. The molecule has 31 heavy (non-hydrogen) atoms. The smallest absolute Gasteiger partial charge is 0.245 e. The van der Waals surface area contributed by atoms with E-state index in [1.807, 2.05) is 53.4 Å². The van der Waals surface area contributed by atoms with Crippen LogP contribution in [0.2, 0.25) is 0 Å². The van der Waals surface area contributed by atoms with Gasteiger partial charge in [0.05, 0.1) is 25.0 Å². The molecule has 2 heterocycles. The summed E-state index contributed by atoms with van der Waals surface area (Å²) in [7, 11) is 1.68. The Labute approximate surface area is 187 Å². The van der Waals surface area contributed by atoms with E-state index in [1.54, 1.807) is 18.9 Å². The van der Waals surface area contributed by atoms with Gasteiger partial charge >= 0.3 is 0 Å². The van der Waals surface area contributed by atoms with Crippen LogP contribution in [0.15, 0.2) is 82.6 Å². The molecule has 0 aliphatic carbocycles. The Balaban J connectivity index is 1.28. The molecule has 1 amide bonds. The van der Waals surface area contributed by atoms with Crippen LogP contribution in [0.3, 0.4) is 0 Å². The number of hydrogen-bond donors (Lipinski definition) is 0. The number of fused-ring (bicyclic) bond motifs is 2. The molecule has 0 bridgehead atoms. The van der Waals surface area contributed by atoms with Crippen LogP contribution in [0.1, 0.15) is 0 Å². The summed E-state index contributed by atoms with van der Waals surface area (Å²) in [5.74, 6) is 0.992.